The SMILES string of the molecule is Cc1noc(CCCC(=O)NCC(C)N2CCc3sccc3C2)n1. The Bertz CT molecular complexity index is 682. The molecule has 2 aromatic heterocycles. The smallest absolute Gasteiger partial charge is 0.226 e. The number of carbonyl (C=O) groups is 1. The Morgan fingerprint density at radius 2 is 2.42 bits per heavy atom. The molecule has 1 atom stereocenters. The van der Waals surface area contributed by atoms with Gasteiger partial charge in [-0.15, -0.1) is 11.3 Å². The van der Waals surface area contributed by atoms with E-state index >= 15 is 0 Å². The predicted octanol–water partition coefficient (Wildman–Crippen LogP) is 2.33. The summed E-state index contributed by atoms with van der Waals surface area (Å²) in [6.07, 6.45) is 2.98. The Kier molecular flexibility index (Phi) is 5.63. The van der Waals surface area contributed by atoms with Gasteiger partial charge in [0.15, 0.2) is 5.82 Å². The molecule has 0 aromatic carbocycles. The number of aryl methyl sites for hydroxylation is 2. The number of fused-ring (bicyclic) bond motifs is 1. The zero-order chi connectivity index (χ0) is 16.9. The monoisotopic (exact) mass is 348 g/mol. The maximum absolute atomic E-state index is 12.0. The van der Waals surface area contributed by atoms with E-state index in [1.807, 2.05) is 11.3 Å². The highest BCUT2D eigenvalue weighted by atomic mass is 32.1. The highest BCUT2D eigenvalue weighted by Crippen LogP contribution is 2.24. The highest BCUT2D eigenvalue weighted by Gasteiger charge is 2.21. The summed E-state index contributed by atoms with van der Waals surface area (Å²) in [5.41, 5.74) is 1.44. The summed E-state index contributed by atoms with van der Waals surface area (Å²) in [6, 6.07) is 2.57. The fourth-order valence-electron chi connectivity index (χ4n) is 2.97. The first-order valence-corrected chi connectivity index (χ1v) is 9.35. The summed E-state index contributed by atoms with van der Waals surface area (Å²) in [5.74, 6) is 1.33. The van der Waals surface area contributed by atoms with Gasteiger partial charge in [0.25, 0.3) is 0 Å². The van der Waals surface area contributed by atoms with E-state index in [0.717, 1.165) is 25.9 Å². The maximum Gasteiger partial charge on any atom is 0.226 e. The van der Waals surface area contributed by atoms with Crippen LogP contribution in [0.2, 0.25) is 0 Å². The second-order valence-corrected chi connectivity index (χ2v) is 7.33. The van der Waals surface area contributed by atoms with Crippen LogP contribution < -0.4 is 5.32 Å². The summed E-state index contributed by atoms with van der Waals surface area (Å²) in [4.78, 5) is 20.1. The second-order valence-electron chi connectivity index (χ2n) is 6.33. The largest absolute Gasteiger partial charge is 0.355 e. The molecule has 24 heavy (non-hydrogen) atoms. The first-order valence-electron chi connectivity index (χ1n) is 8.47. The topological polar surface area (TPSA) is 71.3 Å². The zero-order valence-corrected chi connectivity index (χ0v) is 15.1. The first-order chi connectivity index (χ1) is 11.6. The van der Waals surface area contributed by atoms with Crippen LogP contribution in [-0.2, 0) is 24.2 Å². The van der Waals surface area contributed by atoms with Gasteiger partial charge in [-0.25, -0.2) is 0 Å². The van der Waals surface area contributed by atoms with Gasteiger partial charge in [0.1, 0.15) is 0 Å². The lowest BCUT2D eigenvalue weighted by molar-refractivity contribution is -0.121. The summed E-state index contributed by atoms with van der Waals surface area (Å²) in [5, 5.41) is 8.96. The van der Waals surface area contributed by atoms with Gasteiger partial charge in [-0.05, 0) is 43.7 Å². The van der Waals surface area contributed by atoms with Crippen LogP contribution in [0, 0.1) is 6.92 Å². The maximum atomic E-state index is 12.0. The molecule has 2 aromatic rings. The van der Waals surface area contributed by atoms with Crippen molar-refractivity contribution in [2.24, 2.45) is 0 Å². The third-order valence-corrected chi connectivity index (χ3v) is 5.44. The fourth-order valence-corrected chi connectivity index (χ4v) is 3.86. The zero-order valence-electron chi connectivity index (χ0n) is 14.2. The molecule has 130 valence electrons. The molecule has 1 amide bonds. The number of carbonyl (C=O) groups excluding carboxylic acids is 1. The summed E-state index contributed by atoms with van der Waals surface area (Å²) in [7, 11) is 0. The summed E-state index contributed by atoms with van der Waals surface area (Å²) >= 11 is 1.85. The number of amides is 1. The molecule has 6 nitrogen and oxygen atoms in total. The van der Waals surface area contributed by atoms with Gasteiger partial charge in [0.2, 0.25) is 11.8 Å². The van der Waals surface area contributed by atoms with E-state index in [2.05, 4.69) is 38.7 Å². The second kappa shape index (κ2) is 7.90. The van der Waals surface area contributed by atoms with Gasteiger partial charge in [-0.1, -0.05) is 5.16 Å². The molecule has 3 rings (SSSR count). The van der Waals surface area contributed by atoms with E-state index in [1.165, 1.54) is 10.4 Å². The van der Waals surface area contributed by atoms with Crippen molar-refractivity contribution in [1.29, 1.82) is 0 Å². The lowest BCUT2D eigenvalue weighted by atomic mass is 10.1. The molecule has 0 saturated heterocycles. The number of rotatable bonds is 7. The minimum Gasteiger partial charge on any atom is -0.355 e. The number of thiophene rings is 1. The van der Waals surface area contributed by atoms with Crippen LogP contribution in [0.3, 0.4) is 0 Å². The molecule has 0 fully saturated rings. The number of nitrogens with one attached hydrogen (secondary N) is 1. The molecule has 1 unspecified atom stereocenters. The van der Waals surface area contributed by atoms with Crippen LogP contribution in [-0.4, -0.2) is 40.1 Å². The van der Waals surface area contributed by atoms with Crippen LogP contribution in [0.4, 0.5) is 0 Å². The van der Waals surface area contributed by atoms with Crippen molar-refractivity contribution >= 4 is 17.2 Å². The Hall–Kier alpha value is -1.73. The van der Waals surface area contributed by atoms with Gasteiger partial charge >= 0.3 is 0 Å². The highest BCUT2D eigenvalue weighted by molar-refractivity contribution is 7.10. The molecule has 0 aliphatic carbocycles. The molecule has 1 aliphatic heterocycles. The lowest BCUT2D eigenvalue weighted by Crippen LogP contribution is -2.44. The van der Waals surface area contributed by atoms with E-state index < -0.39 is 0 Å². The Balaban J connectivity index is 1.35. The summed E-state index contributed by atoms with van der Waals surface area (Å²) < 4.78 is 5.05. The van der Waals surface area contributed by atoms with Crippen molar-refractivity contribution in [2.75, 3.05) is 13.1 Å². The van der Waals surface area contributed by atoms with Gasteiger partial charge < -0.3 is 9.84 Å². The standard InChI is InChI=1S/C17H24N4O2S/c1-12(21-8-6-15-14(11-21)7-9-24-15)10-18-16(22)4-3-5-17-19-13(2)20-23-17/h7,9,12H,3-6,8,10-11H2,1-2H3,(H,18,22). The van der Waals surface area contributed by atoms with Gasteiger partial charge in [-0.2, -0.15) is 4.98 Å². The molecule has 0 bridgehead atoms. The average molecular weight is 348 g/mol. The molecule has 0 spiro atoms. The van der Waals surface area contributed by atoms with Crippen LogP contribution in [0.5, 0.6) is 0 Å². The minimum atomic E-state index is 0.0892. The quantitative estimate of drug-likeness (QED) is 0.831. The van der Waals surface area contributed by atoms with Crippen molar-refractivity contribution in [1.82, 2.24) is 20.4 Å². The van der Waals surface area contributed by atoms with Crippen molar-refractivity contribution in [3.05, 3.63) is 33.6 Å². The van der Waals surface area contributed by atoms with Crippen molar-refractivity contribution in [3.63, 3.8) is 0 Å². The third-order valence-electron chi connectivity index (χ3n) is 4.42. The number of aromatic nitrogens is 2. The minimum absolute atomic E-state index is 0.0892. The van der Waals surface area contributed by atoms with E-state index in [-0.39, 0.29) is 5.91 Å². The van der Waals surface area contributed by atoms with E-state index in [0.29, 0.717) is 37.1 Å². The molecular formula is C17H24N4O2S. The first kappa shape index (κ1) is 17.1. The third kappa shape index (κ3) is 4.42. The van der Waals surface area contributed by atoms with Gasteiger partial charge in [0.05, 0.1) is 0 Å². The normalized spacial score (nSPS) is 15.9. The predicted molar refractivity (Wildman–Crippen MR) is 92.9 cm³/mol. The molecule has 1 N–H and O–H groups in total. The van der Waals surface area contributed by atoms with Gasteiger partial charge in [-0.3, -0.25) is 9.69 Å². The lowest BCUT2D eigenvalue weighted by Gasteiger charge is -2.32. The molecule has 0 radical (unpaired) electrons. The summed E-state index contributed by atoms with van der Waals surface area (Å²) in [6.45, 7) is 6.73. The van der Waals surface area contributed by atoms with Crippen LogP contribution in [0.1, 0.15) is 41.9 Å². The Morgan fingerprint density at radius 1 is 1.54 bits per heavy atom. The Morgan fingerprint density at radius 3 is 3.21 bits per heavy atom. The molecule has 3 heterocycles. The number of hydrogen-bond donors (Lipinski definition) is 1. The van der Waals surface area contributed by atoms with Crippen molar-refractivity contribution in [2.45, 2.75) is 52.1 Å². The average Bonchev–Trinajstić information content (AvgIpc) is 3.20. The van der Waals surface area contributed by atoms with Crippen LogP contribution >= 0.6 is 11.3 Å². The van der Waals surface area contributed by atoms with E-state index in [9.17, 15) is 4.79 Å². The number of hydrogen-bond acceptors (Lipinski definition) is 6. The van der Waals surface area contributed by atoms with Crippen molar-refractivity contribution < 1.29 is 9.32 Å². The molecule has 7 heteroatoms. The van der Waals surface area contributed by atoms with Crippen LogP contribution in [0.25, 0.3) is 0 Å². The Labute approximate surface area is 146 Å². The fraction of sp³-hybridized carbons (Fsp3) is 0.588. The van der Waals surface area contributed by atoms with E-state index in [1.54, 1.807) is 6.92 Å². The molecule has 1 aliphatic rings. The molecule has 0 saturated carbocycles. The number of nitrogens with zero attached hydrogens (tertiary/aromatic N) is 3. The van der Waals surface area contributed by atoms with Gasteiger partial charge in [0, 0.05) is 43.4 Å². The van der Waals surface area contributed by atoms with Crippen molar-refractivity contribution in [3.8, 4) is 0 Å². The molecular weight excluding hydrogens is 324 g/mol. The van der Waals surface area contributed by atoms with Crippen LogP contribution in [0.15, 0.2) is 16.0 Å². The van der Waals surface area contributed by atoms with E-state index in [4.69, 9.17) is 4.52 Å².